The summed E-state index contributed by atoms with van der Waals surface area (Å²) in [5, 5.41) is 7.31. The first-order valence-electron chi connectivity index (χ1n) is 4.80. The molecule has 1 aromatic rings. The van der Waals surface area contributed by atoms with E-state index in [1.54, 1.807) is 11.0 Å². The van der Waals surface area contributed by atoms with Gasteiger partial charge in [0.2, 0.25) is 0 Å². The molecule has 0 fully saturated rings. The van der Waals surface area contributed by atoms with Crippen LogP contribution in [-0.4, -0.2) is 39.5 Å². The summed E-state index contributed by atoms with van der Waals surface area (Å²) in [6.07, 6.45) is 2.97. The summed E-state index contributed by atoms with van der Waals surface area (Å²) in [6.45, 7) is 4.46. The molecule has 0 bridgehead atoms. The van der Waals surface area contributed by atoms with Crippen molar-refractivity contribution in [1.82, 2.24) is 15.1 Å². The Balaban J connectivity index is 2.81. The normalized spacial score (nSPS) is 10.4. The van der Waals surface area contributed by atoms with Crippen molar-refractivity contribution in [1.29, 1.82) is 0 Å². The van der Waals surface area contributed by atoms with Crippen molar-refractivity contribution in [2.24, 2.45) is 0 Å². The van der Waals surface area contributed by atoms with Crippen LogP contribution in [-0.2, 0) is 0 Å². The van der Waals surface area contributed by atoms with Crippen LogP contribution in [0.2, 0.25) is 0 Å². The first-order valence-corrected chi connectivity index (χ1v) is 5.34. The molecule has 0 aliphatic carbocycles. The van der Waals surface area contributed by atoms with Crippen molar-refractivity contribution in [2.45, 2.75) is 19.9 Å². The van der Waals surface area contributed by atoms with Crippen LogP contribution in [0.25, 0.3) is 0 Å². The Hall–Kier alpha value is -1.16. The van der Waals surface area contributed by atoms with E-state index in [1.165, 1.54) is 12.4 Å². The lowest BCUT2D eigenvalue weighted by Gasteiger charge is -2.25. The summed E-state index contributed by atoms with van der Waals surface area (Å²) < 4.78 is 0. The SMILES string of the molecule is CC(C)N(CCCl)C(=O)c1ccnnc1. The molecule has 0 spiro atoms. The van der Waals surface area contributed by atoms with Crippen LogP contribution < -0.4 is 0 Å². The van der Waals surface area contributed by atoms with Gasteiger partial charge in [-0.1, -0.05) is 0 Å². The van der Waals surface area contributed by atoms with Crippen molar-refractivity contribution >= 4 is 17.5 Å². The van der Waals surface area contributed by atoms with Gasteiger partial charge in [-0.25, -0.2) is 0 Å². The highest BCUT2D eigenvalue weighted by molar-refractivity contribution is 6.18. The summed E-state index contributed by atoms with van der Waals surface area (Å²) in [4.78, 5) is 13.7. The molecule has 1 amide bonds. The van der Waals surface area contributed by atoms with E-state index in [4.69, 9.17) is 11.6 Å². The molecule has 0 aliphatic heterocycles. The van der Waals surface area contributed by atoms with Crippen LogP contribution in [0, 0.1) is 0 Å². The number of alkyl halides is 1. The molecular formula is C10H14ClN3O. The number of hydrogen-bond acceptors (Lipinski definition) is 3. The number of nitrogens with zero attached hydrogens (tertiary/aromatic N) is 3. The quantitative estimate of drug-likeness (QED) is 0.734. The minimum atomic E-state index is -0.0550. The van der Waals surface area contributed by atoms with Gasteiger partial charge >= 0.3 is 0 Å². The number of hydrogen-bond donors (Lipinski definition) is 0. The first kappa shape index (κ1) is 11.9. The van der Waals surface area contributed by atoms with Crippen molar-refractivity contribution in [2.75, 3.05) is 12.4 Å². The van der Waals surface area contributed by atoms with E-state index in [0.29, 0.717) is 18.0 Å². The predicted molar refractivity (Wildman–Crippen MR) is 58.9 cm³/mol. The van der Waals surface area contributed by atoms with Gasteiger partial charge in [-0.05, 0) is 19.9 Å². The second-order valence-electron chi connectivity index (χ2n) is 3.41. The van der Waals surface area contributed by atoms with Crippen LogP contribution in [0.5, 0.6) is 0 Å². The van der Waals surface area contributed by atoms with Gasteiger partial charge < -0.3 is 4.90 Å². The average Bonchev–Trinajstić information content (AvgIpc) is 2.26. The maximum atomic E-state index is 12.0. The zero-order valence-electron chi connectivity index (χ0n) is 8.85. The van der Waals surface area contributed by atoms with Crippen molar-refractivity contribution in [3.05, 3.63) is 24.0 Å². The Bertz CT molecular complexity index is 316. The fourth-order valence-electron chi connectivity index (χ4n) is 1.27. The van der Waals surface area contributed by atoms with Crippen LogP contribution >= 0.6 is 11.6 Å². The molecule has 0 saturated carbocycles. The van der Waals surface area contributed by atoms with Crippen LogP contribution in [0.15, 0.2) is 18.5 Å². The zero-order valence-corrected chi connectivity index (χ0v) is 9.61. The largest absolute Gasteiger partial charge is 0.335 e. The molecule has 1 heterocycles. The van der Waals surface area contributed by atoms with Crippen molar-refractivity contribution in [3.8, 4) is 0 Å². The van der Waals surface area contributed by atoms with E-state index in [0.717, 1.165) is 0 Å². The van der Waals surface area contributed by atoms with E-state index >= 15 is 0 Å². The highest BCUT2D eigenvalue weighted by Crippen LogP contribution is 2.06. The Morgan fingerprint density at radius 2 is 2.27 bits per heavy atom. The van der Waals surface area contributed by atoms with Crippen LogP contribution in [0.3, 0.4) is 0 Å². The molecular weight excluding hydrogens is 214 g/mol. The highest BCUT2D eigenvalue weighted by Gasteiger charge is 2.17. The van der Waals surface area contributed by atoms with Gasteiger partial charge in [0.05, 0.1) is 18.0 Å². The molecule has 0 radical (unpaired) electrons. The predicted octanol–water partition coefficient (Wildman–Crippen LogP) is 1.57. The Kier molecular flexibility index (Phi) is 4.49. The van der Waals surface area contributed by atoms with Gasteiger partial charge in [-0.15, -0.1) is 11.6 Å². The third kappa shape index (κ3) is 3.16. The fraction of sp³-hybridized carbons (Fsp3) is 0.500. The number of rotatable bonds is 4. The maximum Gasteiger partial charge on any atom is 0.255 e. The third-order valence-corrected chi connectivity index (χ3v) is 2.21. The Morgan fingerprint density at radius 3 is 2.73 bits per heavy atom. The Labute approximate surface area is 94.3 Å². The monoisotopic (exact) mass is 227 g/mol. The van der Waals surface area contributed by atoms with Crippen molar-refractivity contribution < 1.29 is 4.79 Å². The number of carbonyl (C=O) groups is 1. The molecule has 0 saturated heterocycles. The lowest BCUT2D eigenvalue weighted by Crippen LogP contribution is -2.38. The highest BCUT2D eigenvalue weighted by atomic mass is 35.5. The van der Waals surface area contributed by atoms with Crippen molar-refractivity contribution in [3.63, 3.8) is 0 Å². The number of carbonyl (C=O) groups excluding carboxylic acids is 1. The van der Waals surface area contributed by atoms with Gasteiger partial charge in [0.1, 0.15) is 0 Å². The van der Waals surface area contributed by atoms with E-state index < -0.39 is 0 Å². The molecule has 1 rings (SSSR count). The fourth-order valence-corrected chi connectivity index (χ4v) is 1.45. The van der Waals surface area contributed by atoms with E-state index in [2.05, 4.69) is 10.2 Å². The van der Waals surface area contributed by atoms with Gasteiger partial charge in [0, 0.05) is 18.5 Å². The molecule has 0 unspecified atom stereocenters. The molecule has 5 heteroatoms. The molecule has 0 N–H and O–H groups in total. The molecule has 0 atom stereocenters. The smallest absolute Gasteiger partial charge is 0.255 e. The third-order valence-electron chi connectivity index (χ3n) is 2.04. The minimum absolute atomic E-state index is 0.0550. The van der Waals surface area contributed by atoms with E-state index in [9.17, 15) is 4.79 Å². The second-order valence-corrected chi connectivity index (χ2v) is 3.79. The summed E-state index contributed by atoms with van der Waals surface area (Å²) >= 11 is 5.65. The van der Waals surface area contributed by atoms with Gasteiger partial charge in [0.25, 0.3) is 5.91 Å². The first-order chi connectivity index (χ1) is 7.16. The second kappa shape index (κ2) is 5.66. The summed E-state index contributed by atoms with van der Waals surface area (Å²) in [5.74, 6) is 0.378. The van der Waals surface area contributed by atoms with Crippen LogP contribution in [0.4, 0.5) is 0 Å². The minimum Gasteiger partial charge on any atom is -0.335 e. The standard InChI is InChI=1S/C10H14ClN3O/c1-8(2)14(6-4-11)10(15)9-3-5-12-13-7-9/h3,5,7-8H,4,6H2,1-2H3. The lowest BCUT2D eigenvalue weighted by atomic mass is 10.2. The lowest BCUT2D eigenvalue weighted by molar-refractivity contribution is 0.0717. The van der Waals surface area contributed by atoms with Gasteiger partial charge in [-0.3, -0.25) is 4.79 Å². The van der Waals surface area contributed by atoms with E-state index in [-0.39, 0.29) is 11.9 Å². The van der Waals surface area contributed by atoms with Crippen LogP contribution in [0.1, 0.15) is 24.2 Å². The average molecular weight is 228 g/mol. The zero-order chi connectivity index (χ0) is 11.3. The van der Waals surface area contributed by atoms with Gasteiger partial charge in [-0.2, -0.15) is 10.2 Å². The molecule has 4 nitrogen and oxygen atoms in total. The van der Waals surface area contributed by atoms with E-state index in [1.807, 2.05) is 13.8 Å². The topological polar surface area (TPSA) is 46.1 Å². The molecule has 0 aromatic carbocycles. The molecule has 15 heavy (non-hydrogen) atoms. The summed E-state index contributed by atoms with van der Waals surface area (Å²) in [7, 11) is 0. The number of amides is 1. The van der Waals surface area contributed by atoms with Gasteiger partial charge in [0.15, 0.2) is 0 Å². The number of halogens is 1. The summed E-state index contributed by atoms with van der Waals surface area (Å²) in [6, 6.07) is 1.78. The molecule has 1 aromatic heterocycles. The molecule has 0 aliphatic rings. The number of aromatic nitrogens is 2. The maximum absolute atomic E-state index is 12.0. The summed E-state index contributed by atoms with van der Waals surface area (Å²) in [5.41, 5.74) is 0.545. The molecule has 82 valence electrons. The Morgan fingerprint density at radius 1 is 1.53 bits per heavy atom.